The van der Waals surface area contributed by atoms with Gasteiger partial charge < -0.3 is 9.67 Å². The zero-order chi connectivity index (χ0) is 24.4. The predicted molar refractivity (Wildman–Crippen MR) is 137 cm³/mol. The first-order chi connectivity index (χ1) is 16.9. The quantitative estimate of drug-likeness (QED) is 0.304. The maximum Gasteiger partial charge on any atom is 0.353 e. The van der Waals surface area contributed by atoms with E-state index >= 15 is 0 Å². The minimum absolute atomic E-state index is 0.183. The van der Waals surface area contributed by atoms with Crippen LogP contribution in [0.1, 0.15) is 16.1 Å². The molecule has 0 saturated carbocycles. The summed E-state index contributed by atoms with van der Waals surface area (Å²) in [6, 6.07) is 32.3. The summed E-state index contributed by atoms with van der Waals surface area (Å²) in [6.07, 6.45) is 0. The molecular weight excluding hydrogens is 460 g/mol. The second-order valence-corrected chi connectivity index (χ2v) is 9.80. The van der Waals surface area contributed by atoms with Crippen LogP contribution in [0.3, 0.4) is 0 Å². The van der Waals surface area contributed by atoms with Gasteiger partial charge in [0.05, 0.1) is 4.90 Å². The number of carboxylic acid groups (broad SMARTS) is 1. The second kappa shape index (κ2) is 9.12. The molecule has 0 radical (unpaired) electrons. The molecule has 0 fully saturated rings. The highest BCUT2D eigenvalue weighted by molar-refractivity contribution is 7.92. The summed E-state index contributed by atoms with van der Waals surface area (Å²) in [7, 11) is -3.69. The van der Waals surface area contributed by atoms with Gasteiger partial charge in [0.1, 0.15) is 5.69 Å². The van der Waals surface area contributed by atoms with Crippen molar-refractivity contribution in [1.29, 1.82) is 0 Å². The molecule has 7 heteroatoms. The van der Waals surface area contributed by atoms with E-state index in [4.69, 9.17) is 0 Å². The molecule has 5 rings (SSSR count). The first-order valence-electron chi connectivity index (χ1n) is 11.0. The summed E-state index contributed by atoms with van der Waals surface area (Å²) >= 11 is 0. The van der Waals surface area contributed by atoms with E-state index < -0.39 is 16.0 Å². The highest BCUT2D eigenvalue weighted by Gasteiger charge is 2.23. The molecule has 0 aliphatic heterocycles. The molecule has 0 atom stereocenters. The first-order valence-corrected chi connectivity index (χ1v) is 12.5. The molecule has 0 amide bonds. The van der Waals surface area contributed by atoms with E-state index in [1.807, 2.05) is 54.6 Å². The number of nitrogens with zero attached hydrogens (tertiary/aromatic N) is 1. The lowest BCUT2D eigenvalue weighted by atomic mass is 10.0. The van der Waals surface area contributed by atoms with Crippen LogP contribution in [0.5, 0.6) is 0 Å². The molecule has 0 spiro atoms. The second-order valence-electron chi connectivity index (χ2n) is 8.11. The van der Waals surface area contributed by atoms with E-state index in [0.29, 0.717) is 17.8 Å². The number of carboxylic acids is 1. The number of anilines is 1. The van der Waals surface area contributed by atoms with Crippen molar-refractivity contribution in [1.82, 2.24) is 4.57 Å². The number of rotatable bonds is 7. The third-order valence-corrected chi connectivity index (χ3v) is 7.23. The Morgan fingerprint density at radius 1 is 0.771 bits per heavy atom. The van der Waals surface area contributed by atoms with E-state index in [2.05, 4.69) is 4.72 Å². The first kappa shape index (κ1) is 22.4. The Kier molecular flexibility index (Phi) is 5.84. The molecule has 0 saturated heterocycles. The molecule has 2 N–H and O–H groups in total. The summed E-state index contributed by atoms with van der Waals surface area (Å²) in [5.41, 5.74) is 3.82. The van der Waals surface area contributed by atoms with Crippen molar-refractivity contribution < 1.29 is 18.3 Å². The number of benzene rings is 4. The van der Waals surface area contributed by atoms with Crippen LogP contribution in [-0.4, -0.2) is 24.1 Å². The van der Waals surface area contributed by atoms with Crippen molar-refractivity contribution in [2.45, 2.75) is 11.4 Å². The Hall–Kier alpha value is -4.36. The van der Waals surface area contributed by atoms with Gasteiger partial charge in [-0.2, -0.15) is 0 Å². The van der Waals surface area contributed by atoms with Crippen molar-refractivity contribution in [2.24, 2.45) is 0 Å². The van der Waals surface area contributed by atoms with Gasteiger partial charge in [-0.3, -0.25) is 4.72 Å². The van der Waals surface area contributed by atoms with E-state index in [1.54, 1.807) is 47.0 Å². The minimum atomic E-state index is -3.69. The van der Waals surface area contributed by atoms with Gasteiger partial charge in [-0.25, -0.2) is 13.2 Å². The molecule has 4 aromatic carbocycles. The predicted octanol–water partition coefficient (Wildman–Crippen LogP) is 5.86. The summed E-state index contributed by atoms with van der Waals surface area (Å²) < 4.78 is 29.6. The summed E-state index contributed by atoms with van der Waals surface area (Å²) in [4.78, 5) is 12.6. The molecule has 174 valence electrons. The number of sulfonamides is 1. The van der Waals surface area contributed by atoms with Gasteiger partial charge in [0, 0.05) is 28.7 Å². The number of hydrogen-bond donors (Lipinski definition) is 2. The maximum absolute atomic E-state index is 12.6. The Bertz CT molecular complexity index is 1610. The SMILES string of the molecule is O=C(O)c1c(-c2ccccc2)c2ccccc2n1Cc1ccc(NS(=O)(=O)c2ccccc2)cc1. The number of hydrogen-bond acceptors (Lipinski definition) is 3. The number of aromatic nitrogens is 1. The Morgan fingerprint density at radius 3 is 2.03 bits per heavy atom. The average molecular weight is 483 g/mol. The molecule has 0 aliphatic carbocycles. The molecule has 1 aromatic heterocycles. The van der Waals surface area contributed by atoms with Crippen LogP contribution in [-0.2, 0) is 16.6 Å². The van der Waals surface area contributed by atoms with Crippen LogP contribution in [0.2, 0.25) is 0 Å². The molecular formula is C28H22N2O4S. The van der Waals surface area contributed by atoms with Gasteiger partial charge in [0.15, 0.2) is 0 Å². The number of carbonyl (C=O) groups is 1. The smallest absolute Gasteiger partial charge is 0.353 e. The van der Waals surface area contributed by atoms with E-state index in [9.17, 15) is 18.3 Å². The number of para-hydroxylation sites is 1. The van der Waals surface area contributed by atoms with Crippen molar-refractivity contribution in [3.63, 3.8) is 0 Å². The van der Waals surface area contributed by atoms with Crippen LogP contribution in [0.4, 0.5) is 5.69 Å². The van der Waals surface area contributed by atoms with Gasteiger partial charge >= 0.3 is 5.97 Å². The fraction of sp³-hybridized carbons (Fsp3) is 0.0357. The van der Waals surface area contributed by atoms with Crippen molar-refractivity contribution >= 4 is 32.6 Å². The molecule has 35 heavy (non-hydrogen) atoms. The molecule has 1 heterocycles. The lowest BCUT2D eigenvalue weighted by Crippen LogP contribution is -2.13. The Morgan fingerprint density at radius 2 is 1.37 bits per heavy atom. The lowest BCUT2D eigenvalue weighted by Gasteiger charge is -2.11. The number of fused-ring (bicyclic) bond motifs is 1. The monoisotopic (exact) mass is 482 g/mol. The van der Waals surface area contributed by atoms with Crippen LogP contribution < -0.4 is 4.72 Å². The molecule has 0 aliphatic rings. The summed E-state index contributed by atoms with van der Waals surface area (Å²) in [5, 5.41) is 11.0. The summed E-state index contributed by atoms with van der Waals surface area (Å²) in [5.74, 6) is -1.01. The largest absolute Gasteiger partial charge is 0.477 e. The molecule has 0 bridgehead atoms. The fourth-order valence-corrected chi connectivity index (χ4v) is 5.34. The van der Waals surface area contributed by atoms with Gasteiger partial charge in [-0.15, -0.1) is 0 Å². The van der Waals surface area contributed by atoms with Gasteiger partial charge in [0.25, 0.3) is 10.0 Å². The highest BCUT2D eigenvalue weighted by atomic mass is 32.2. The maximum atomic E-state index is 12.6. The third-order valence-electron chi connectivity index (χ3n) is 5.84. The van der Waals surface area contributed by atoms with Crippen molar-refractivity contribution in [3.8, 4) is 11.1 Å². The third kappa shape index (κ3) is 4.41. The minimum Gasteiger partial charge on any atom is -0.477 e. The van der Waals surface area contributed by atoms with Crippen molar-refractivity contribution in [2.75, 3.05) is 4.72 Å². The van der Waals surface area contributed by atoms with Crippen LogP contribution in [0, 0.1) is 0 Å². The zero-order valence-electron chi connectivity index (χ0n) is 18.6. The normalized spacial score (nSPS) is 11.4. The van der Waals surface area contributed by atoms with Gasteiger partial charge in [-0.1, -0.05) is 78.9 Å². The molecule has 5 aromatic rings. The van der Waals surface area contributed by atoms with E-state index in [0.717, 1.165) is 22.0 Å². The van der Waals surface area contributed by atoms with Crippen molar-refractivity contribution in [3.05, 3.63) is 120 Å². The van der Waals surface area contributed by atoms with E-state index in [-0.39, 0.29) is 10.6 Å². The lowest BCUT2D eigenvalue weighted by molar-refractivity contribution is 0.0687. The fourth-order valence-electron chi connectivity index (χ4n) is 4.26. The zero-order valence-corrected chi connectivity index (χ0v) is 19.4. The van der Waals surface area contributed by atoms with Crippen LogP contribution >= 0.6 is 0 Å². The Labute approximate surface area is 203 Å². The Balaban J connectivity index is 1.51. The molecule has 6 nitrogen and oxygen atoms in total. The van der Waals surface area contributed by atoms with Gasteiger partial charge in [-0.05, 0) is 41.5 Å². The summed E-state index contributed by atoms with van der Waals surface area (Å²) in [6.45, 7) is 0.320. The molecule has 0 unspecified atom stereocenters. The standard InChI is InChI=1S/C28H22N2O4S/c31-28(32)27-26(21-9-3-1-4-10-21)24-13-7-8-14-25(24)30(27)19-20-15-17-22(18-16-20)29-35(33,34)23-11-5-2-6-12-23/h1-18,29H,19H2,(H,31,32). The van der Waals surface area contributed by atoms with Crippen LogP contribution in [0.15, 0.2) is 114 Å². The average Bonchev–Trinajstić information content (AvgIpc) is 3.20. The number of nitrogens with one attached hydrogen (secondary N) is 1. The highest BCUT2D eigenvalue weighted by Crippen LogP contribution is 2.35. The topological polar surface area (TPSA) is 88.4 Å². The number of aromatic carboxylic acids is 1. The van der Waals surface area contributed by atoms with E-state index in [1.165, 1.54) is 12.1 Å². The van der Waals surface area contributed by atoms with Crippen LogP contribution in [0.25, 0.3) is 22.0 Å². The van der Waals surface area contributed by atoms with Gasteiger partial charge in [0.2, 0.25) is 0 Å².